The molecule has 5 nitrogen and oxygen atoms in total. The molecule has 0 saturated carbocycles. The molecular formula is C11H8ClFN2O3S. The van der Waals surface area contributed by atoms with Crippen LogP contribution in [0.25, 0.3) is 0 Å². The van der Waals surface area contributed by atoms with Gasteiger partial charge in [0.05, 0.1) is 5.02 Å². The van der Waals surface area contributed by atoms with Crippen molar-refractivity contribution in [2.75, 3.05) is 4.72 Å². The number of anilines is 1. The Labute approximate surface area is 113 Å². The summed E-state index contributed by atoms with van der Waals surface area (Å²) in [5.74, 6) is -0.791. The summed E-state index contributed by atoms with van der Waals surface area (Å²) < 4.78 is 39.4. The molecule has 2 rings (SSSR count). The molecule has 0 amide bonds. The van der Waals surface area contributed by atoms with E-state index in [0.717, 1.165) is 24.4 Å². The molecule has 0 fully saturated rings. The van der Waals surface area contributed by atoms with Gasteiger partial charge in [0, 0.05) is 12.3 Å². The predicted molar refractivity (Wildman–Crippen MR) is 69.3 cm³/mol. The monoisotopic (exact) mass is 302 g/mol. The number of benzene rings is 1. The highest BCUT2D eigenvalue weighted by Gasteiger charge is 2.18. The molecule has 1 heterocycles. The van der Waals surface area contributed by atoms with Crippen LogP contribution in [0.1, 0.15) is 0 Å². The van der Waals surface area contributed by atoms with Gasteiger partial charge in [0.15, 0.2) is 0 Å². The van der Waals surface area contributed by atoms with Gasteiger partial charge in [-0.25, -0.2) is 12.8 Å². The zero-order chi connectivity index (χ0) is 14.0. The van der Waals surface area contributed by atoms with Gasteiger partial charge in [0.2, 0.25) is 5.56 Å². The van der Waals surface area contributed by atoms with Crippen molar-refractivity contribution in [1.82, 2.24) is 4.98 Å². The molecule has 0 atom stereocenters. The summed E-state index contributed by atoms with van der Waals surface area (Å²) in [5.41, 5.74) is -0.779. The quantitative estimate of drug-likeness (QED) is 0.910. The highest BCUT2D eigenvalue weighted by molar-refractivity contribution is 7.92. The Bertz CT molecular complexity index is 733. The summed E-state index contributed by atoms with van der Waals surface area (Å²) >= 11 is 5.72. The number of pyridine rings is 1. The molecule has 0 bridgehead atoms. The Morgan fingerprint density at radius 1 is 1.21 bits per heavy atom. The molecule has 1 aromatic carbocycles. The highest BCUT2D eigenvalue weighted by Crippen LogP contribution is 2.26. The van der Waals surface area contributed by atoms with Gasteiger partial charge in [-0.2, -0.15) is 0 Å². The van der Waals surface area contributed by atoms with Gasteiger partial charge in [-0.3, -0.25) is 9.52 Å². The second kappa shape index (κ2) is 5.02. The minimum Gasteiger partial charge on any atom is -0.328 e. The largest absolute Gasteiger partial charge is 0.328 e. The van der Waals surface area contributed by atoms with Crippen molar-refractivity contribution in [1.29, 1.82) is 0 Å². The second-order valence-corrected chi connectivity index (χ2v) is 5.68. The molecule has 100 valence electrons. The van der Waals surface area contributed by atoms with E-state index < -0.39 is 21.4 Å². The summed E-state index contributed by atoms with van der Waals surface area (Å²) in [6, 6.07) is 5.95. The van der Waals surface area contributed by atoms with Gasteiger partial charge in [-0.1, -0.05) is 17.7 Å². The van der Waals surface area contributed by atoms with Crippen LogP contribution in [0.2, 0.25) is 5.02 Å². The first-order valence-electron chi connectivity index (χ1n) is 5.06. The molecule has 0 aliphatic carbocycles. The predicted octanol–water partition coefficient (Wildman–Crippen LogP) is 1.97. The van der Waals surface area contributed by atoms with Crippen LogP contribution in [0.3, 0.4) is 0 Å². The summed E-state index contributed by atoms with van der Waals surface area (Å²) in [7, 11) is -4.02. The van der Waals surface area contributed by atoms with Crippen LogP contribution in [-0.2, 0) is 10.0 Å². The summed E-state index contributed by atoms with van der Waals surface area (Å²) in [5, 5.41) is -0.0620. The molecule has 0 spiro atoms. The maximum Gasteiger partial charge on any atom is 0.263 e. The Kier molecular flexibility index (Phi) is 3.59. The third-order valence-corrected chi connectivity index (χ3v) is 3.93. The third kappa shape index (κ3) is 2.94. The Hall–Kier alpha value is -1.86. The minimum atomic E-state index is -4.02. The average molecular weight is 303 g/mol. The number of sulfonamides is 1. The minimum absolute atomic E-state index is 0.0620. The zero-order valence-corrected chi connectivity index (χ0v) is 10.9. The third-order valence-electron chi connectivity index (χ3n) is 2.27. The standard InChI is InChI=1S/C11H8ClFN2O3S/c12-8-2-1-3-9(13)11(8)15-19(17,18)7-4-5-10(16)14-6-7/h1-6,15H,(H,14,16). The number of halogens is 2. The average Bonchev–Trinajstić information content (AvgIpc) is 2.35. The lowest BCUT2D eigenvalue weighted by Gasteiger charge is -2.09. The normalized spacial score (nSPS) is 11.3. The second-order valence-electron chi connectivity index (χ2n) is 3.59. The maximum atomic E-state index is 13.5. The van der Waals surface area contributed by atoms with Crippen molar-refractivity contribution >= 4 is 27.3 Å². The van der Waals surface area contributed by atoms with Gasteiger partial charge in [-0.15, -0.1) is 0 Å². The van der Waals surface area contributed by atoms with E-state index in [1.54, 1.807) is 0 Å². The van der Waals surface area contributed by atoms with Crippen molar-refractivity contribution in [2.24, 2.45) is 0 Å². The molecule has 19 heavy (non-hydrogen) atoms. The van der Waals surface area contributed by atoms with E-state index in [4.69, 9.17) is 11.6 Å². The first-order chi connectivity index (χ1) is 8.90. The van der Waals surface area contributed by atoms with Gasteiger partial charge in [0.1, 0.15) is 16.4 Å². The van der Waals surface area contributed by atoms with Crippen molar-refractivity contribution in [2.45, 2.75) is 4.90 Å². The van der Waals surface area contributed by atoms with Gasteiger partial charge in [-0.05, 0) is 18.2 Å². The van der Waals surface area contributed by atoms with E-state index in [2.05, 4.69) is 4.98 Å². The van der Waals surface area contributed by atoms with Gasteiger partial charge < -0.3 is 4.98 Å². The Morgan fingerprint density at radius 2 is 1.95 bits per heavy atom. The van der Waals surface area contributed by atoms with Gasteiger partial charge >= 0.3 is 0 Å². The molecule has 8 heteroatoms. The topological polar surface area (TPSA) is 79.0 Å². The lowest BCUT2D eigenvalue weighted by atomic mass is 10.3. The summed E-state index contributed by atoms with van der Waals surface area (Å²) in [6.07, 6.45) is 1.01. The Morgan fingerprint density at radius 3 is 2.53 bits per heavy atom. The van der Waals surface area contributed by atoms with Crippen molar-refractivity contribution in [3.63, 3.8) is 0 Å². The molecule has 1 aromatic heterocycles. The van der Waals surface area contributed by atoms with Crippen LogP contribution < -0.4 is 10.3 Å². The molecule has 2 N–H and O–H groups in total. The zero-order valence-electron chi connectivity index (χ0n) is 9.35. The smallest absolute Gasteiger partial charge is 0.263 e. The first kappa shape index (κ1) is 13.6. The summed E-state index contributed by atoms with van der Waals surface area (Å²) in [4.78, 5) is 12.9. The van der Waals surface area contributed by atoms with Crippen LogP contribution in [0.5, 0.6) is 0 Å². The molecule has 0 radical (unpaired) electrons. The van der Waals surface area contributed by atoms with Crippen LogP contribution in [0, 0.1) is 5.82 Å². The fraction of sp³-hybridized carbons (Fsp3) is 0. The lowest BCUT2D eigenvalue weighted by Crippen LogP contribution is -2.16. The molecular weight excluding hydrogens is 295 g/mol. The fourth-order valence-corrected chi connectivity index (χ4v) is 2.67. The lowest BCUT2D eigenvalue weighted by molar-refractivity contribution is 0.598. The van der Waals surface area contributed by atoms with E-state index >= 15 is 0 Å². The van der Waals surface area contributed by atoms with E-state index in [1.807, 2.05) is 4.72 Å². The van der Waals surface area contributed by atoms with Crippen molar-refractivity contribution in [3.8, 4) is 0 Å². The fourth-order valence-electron chi connectivity index (χ4n) is 1.35. The van der Waals surface area contributed by atoms with Crippen molar-refractivity contribution in [3.05, 3.63) is 57.7 Å². The number of aromatic nitrogens is 1. The summed E-state index contributed by atoms with van der Waals surface area (Å²) in [6.45, 7) is 0. The van der Waals surface area contributed by atoms with E-state index in [9.17, 15) is 17.6 Å². The first-order valence-corrected chi connectivity index (χ1v) is 6.92. The van der Waals surface area contributed by atoms with E-state index in [-0.39, 0.29) is 15.6 Å². The Balaban J connectivity index is 2.42. The number of H-pyrrole nitrogens is 1. The molecule has 0 aliphatic heterocycles. The number of hydrogen-bond acceptors (Lipinski definition) is 3. The van der Waals surface area contributed by atoms with Crippen LogP contribution in [0.4, 0.5) is 10.1 Å². The number of nitrogens with one attached hydrogen (secondary N) is 2. The number of para-hydroxylation sites is 1. The number of aromatic amines is 1. The van der Waals surface area contributed by atoms with Crippen LogP contribution in [0.15, 0.2) is 46.2 Å². The number of rotatable bonds is 3. The number of hydrogen-bond donors (Lipinski definition) is 2. The molecule has 0 aliphatic rings. The maximum absolute atomic E-state index is 13.5. The molecule has 0 unspecified atom stereocenters. The highest BCUT2D eigenvalue weighted by atomic mass is 35.5. The van der Waals surface area contributed by atoms with Crippen LogP contribution in [-0.4, -0.2) is 13.4 Å². The van der Waals surface area contributed by atoms with E-state index in [0.29, 0.717) is 0 Å². The van der Waals surface area contributed by atoms with Gasteiger partial charge in [0.25, 0.3) is 10.0 Å². The SMILES string of the molecule is O=c1ccc(S(=O)(=O)Nc2c(F)cccc2Cl)c[nH]1. The van der Waals surface area contributed by atoms with Crippen molar-refractivity contribution < 1.29 is 12.8 Å². The van der Waals surface area contributed by atoms with Crippen LogP contribution >= 0.6 is 11.6 Å². The molecule has 0 saturated heterocycles. The molecule has 2 aromatic rings. The van der Waals surface area contributed by atoms with E-state index in [1.165, 1.54) is 12.1 Å².